The van der Waals surface area contributed by atoms with Gasteiger partial charge in [-0.25, -0.2) is 4.98 Å². The zero-order chi connectivity index (χ0) is 14.3. The smallest absolute Gasteiger partial charge is 0.319 e. The van der Waals surface area contributed by atoms with E-state index in [1.165, 1.54) is 12.4 Å². The second-order valence-corrected chi connectivity index (χ2v) is 4.53. The molecule has 1 aromatic heterocycles. The van der Waals surface area contributed by atoms with Crippen molar-refractivity contribution in [2.45, 2.75) is 39.3 Å². The summed E-state index contributed by atoms with van der Waals surface area (Å²) in [6, 6.07) is 0. The molecule has 5 nitrogen and oxygen atoms in total. The molecular weight excluding hydrogens is 256 g/mol. The number of rotatable bonds is 9. The highest BCUT2D eigenvalue weighted by molar-refractivity contribution is 5.66. The van der Waals surface area contributed by atoms with E-state index in [0.29, 0.717) is 24.7 Å². The number of halogens is 2. The number of aromatic nitrogens is 2. The standard InChI is InChI=1S/C12H19F2N3O2/c1-9(2-3-11(18)19)4-5-15-8-10-16-6-7-17(10)12(13)14/h6-7,9,12,15H,2-5,8H2,1H3,(H,18,19). The van der Waals surface area contributed by atoms with Crippen LogP contribution < -0.4 is 5.32 Å². The molecule has 1 aromatic rings. The number of hydrogen-bond acceptors (Lipinski definition) is 3. The van der Waals surface area contributed by atoms with Gasteiger partial charge in [0.2, 0.25) is 0 Å². The van der Waals surface area contributed by atoms with E-state index in [-0.39, 0.29) is 13.0 Å². The summed E-state index contributed by atoms with van der Waals surface area (Å²) in [6.07, 6.45) is 4.19. The molecule has 1 atom stereocenters. The van der Waals surface area contributed by atoms with Crippen LogP contribution >= 0.6 is 0 Å². The molecular formula is C12H19F2N3O2. The largest absolute Gasteiger partial charge is 0.481 e. The van der Waals surface area contributed by atoms with E-state index < -0.39 is 12.5 Å². The lowest BCUT2D eigenvalue weighted by molar-refractivity contribution is -0.137. The summed E-state index contributed by atoms with van der Waals surface area (Å²) in [5.41, 5.74) is 0. The molecule has 0 radical (unpaired) electrons. The number of carbonyl (C=O) groups is 1. The van der Waals surface area contributed by atoms with Gasteiger partial charge in [0.15, 0.2) is 0 Å². The van der Waals surface area contributed by atoms with Crippen LogP contribution in [0.1, 0.15) is 38.6 Å². The van der Waals surface area contributed by atoms with Crippen molar-refractivity contribution < 1.29 is 18.7 Å². The summed E-state index contributed by atoms with van der Waals surface area (Å²) in [6.45, 7) is 0.332. The van der Waals surface area contributed by atoms with Crippen molar-refractivity contribution in [3.63, 3.8) is 0 Å². The Morgan fingerprint density at radius 1 is 1.53 bits per heavy atom. The fraction of sp³-hybridized carbons (Fsp3) is 0.667. The quantitative estimate of drug-likeness (QED) is 0.678. The van der Waals surface area contributed by atoms with Crippen molar-refractivity contribution in [2.75, 3.05) is 6.54 Å². The number of alkyl halides is 2. The average Bonchev–Trinajstić information content (AvgIpc) is 2.80. The Morgan fingerprint density at radius 3 is 2.89 bits per heavy atom. The number of aliphatic carboxylic acids is 1. The Balaban J connectivity index is 2.20. The van der Waals surface area contributed by atoms with Crippen LogP contribution in [0, 0.1) is 5.92 Å². The molecule has 0 fully saturated rings. The number of hydrogen-bond donors (Lipinski definition) is 2. The highest BCUT2D eigenvalue weighted by Gasteiger charge is 2.11. The average molecular weight is 275 g/mol. The molecule has 0 saturated heterocycles. The van der Waals surface area contributed by atoms with Crippen LogP contribution in [0.5, 0.6) is 0 Å². The first kappa shape index (κ1) is 15.6. The molecule has 0 spiro atoms. The molecule has 0 saturated carbocycles. The van der Waals surface area contributed by atoms with E-state index in [1.54, 1.807) is 0 Å². The molecule has 0 amide bonds. The van der Waals surface area contributed by atoms with Crippen LogP contribution in [-0.2, 0) is 11.3 Å². The molecule has 0 aliphatic rings. The van der Waals surface area contributed by atoms with Gasteiger partial charge >= 0.3 is 12.5 Å². The molecule has 108 valence electrons. The van der Waals surface area contributed by atoms with Gasteiger partial charge in [0.05, 0.1) is 6.54 Å². The Bertz CT molecular complexity index is 396. The van der Waals surface area contributed by atoms with Crippen molar-refractivity contribution in [3.05, 3.63) is 18.2 Å². The van der Waals surface area contributed by atoms with Gasteiger partial charge in [-0.15, -0.1) is 0 Å². The fourth-order valence-electron chi connectivity index (χ4n) is 1.72. The number of nitrogens with one attached hydrogen (secondary N) is 1. The topological polar surface area (TPSA) is 67.2 Å². The third-order valence-corrected chi connectivity index (χ3v) is 2.91. The summed E-state index contributed by atoms with van der Waals surface area (Å²) in [5, 5.41) is 11.6. The van der Waals surface area contributed by atoms with Gasteiger partial charge in [0, 0.05) is 18.8 Å². The zero-order valence-electron chi connectivity index (χ0n) is 10.9. The van der Waals surface area contributed by atoms with E-state index in [9.17, 15) is 13.6 Å². The SMILES string of the molecule is CC(CCNCc1nccn1C(F)F)CCC(=O)O. The highest BCUT2D eigenvalue weighted by atomic mass is 19.3. The molecule has 7 heteroatoms. The van der Waals surface area contributed by atoms with Gasteiger partial charge in [-0.1, -0.05) is 6.92 Å². The van der Waals surface area contributed by atoms with E-state index in [1.807, 2.05) is 6.92 Å². The Morgan fingerprint density at radius 2 is 2.26 bits per heavy atom. The molecule has 1 rings (SSSR count). The van der Waals surface area contributed by atoms with E-state index in [0.717, 1.165) is 11.0 Å². The summed E-state index contributed by atoms with van der Waals surface area (Å²) >= 11 is 0. The minimum absolute atomic E-state index is 0.164. The molecule has 19 heavy (non-hydrogen) atoms. The van der Waals surface area contributed by atoms with E-state index in [2.05, 4.69) is 10.3 Å². The second kappa shape index (κ2) is 7.83. The molecule has 1 unspecified atom stereocenters. The van der Waals surface area contributed by atoms with Gasteiger partial charge in [-0.2, -0.15) is 8.78 Å². The van der Waals surface area contributed by atoms with Crippen LogP contribution in [0.25, 0.3) is 0 Å². The minimum Gasteiger partial charge on any atom is -0.481 e. The number of nitrogens with zero attached hydrogens (tertiary/aromatic N) is 2. The second-order valence-electron chi connectivity index (χ2n) is 4.53. The highest BCUT2D eigenvalue weighted by Crippen LogP contribution is 2.12. The van der Waals surface area contributed by atoms with Gasteiger partial charge < -0.3 is 10.4 Å². The van der Waals surface area contributed by atoms with Gasteiger partial charge in [0.25, 0.3) is 0 Å². The number of carboxylic acid groups (broad SMARTS) is 1. The van der Waals surface area contributed by atoms with Crippen molar-refractivity contribution in [1.82, 2.24) is 14.9 Å². The van der Waals surface area contributed by atoms with Crippen molar-refractivity contribution in [2.24, 2.45) is 5.92 Å². The monoisotopic (exact) mass is 275 g/mol. The number of carboxylic acids is 1. The lowest BCUT2D eigenvalue weighted by Crippen LogP contribution is -2.20. The normalized spacial score (nSPS) is 12.8. The van der Waals surface area contributed by atoms with Gasteiger partial charge in [-0.05, 0) is 25.3 Å². The predicted molar refractivity (Wildman–Crippen MR) is 65.8 cm³/mol. The van der Waals surface area contributed by atoms with E-state index in [4.69, 9.17) is 5.11 Å². The summed E-state index contributed by atoms with van der Waals surface area (Å²) < 4.78 is 25.8. The molecule has 0 aliphatic carbocycles. The van der Waals surface area contributed by atoms with Crippen molar-refractivity contribution in [3.8, 4) is 0 Å². The maximum absolute atomic E-state index is 12.5. The zero-order valence-corrected chi connectivity index (χ0v) is 10.9. The summed E-state index contributed by atoms with van der Waals surface area (Å²) in [5.74, 6) is -0.203. The summed E-state index contributed by atoms with van der Waals surface area (Å²) in [7, 11) is 0. The van der Waals surface area contributed by atoms with Crippen LogP contribution in [0.15, 0.2) is 12.4 Å². The maximum Gasteiger partial charge on any atom is 0.319 e. The predicted octanol–water partition coefficient (Wildman–Crippen LogP) is 2.26. The first-order chi connectivity index (χ1) is 9.00. The van der Waals surface area contributed by atoms with Crippen LogP contribution in [0.4, 0.5) is 8.78 Å². The van der Waals surface area contributed by atoms with Gasteiger partial charge in [0.1, 0.15) is 5.82 Å². The van der Waals surface area contributed by atoms with Crippen LogP contribution in [-0.4, -0.2) is 27.2 Å². The molecule has 1 heterocycles. The third kappa shape index (κ3) is 5.78. The maximum atomic E-state index is 12.5. The molecule has 0 aromatic carbocycles. The Hall–Kier alpha value is -1.50. The van der Waals surface area contributed by atoms with Crippen molar-refractivity contribution >= 4 is 5.97 Å². The van der Waals surface area contributed by atoms with Gasteiger partial charge in [-0.3, -0.25) is 9.36 Å². The van der Waals surface area contributed by atoms with E-state index >= 15 is 0 Å². The fourth-order valence-corrected chi connectivity index (χ4v) is 1.72. The minimum atomic E-state index is -2.58. The molecule has 0 aliphatic heterocycles. The first-order valence-electron chi connectivity index (χ1n) is 6.23. The van der Waals surface area contributed by atoms with Crippen molar-refractivity contribution in [1.29, 1.82) is 0 Å². The first-order valence-corrected chi connectivity index (χ1v) is 6.23. The third-order valence-electron chi connectivity index (χ3n) is 2.91. The van der Waals surface area contributed by atoms with Crippen LogP contribution in [0.2, 0.25) is 0 Å². The Labute approximate surface area is 110 Å². The number of imidazole rings is 1. The van der Waals surface area contributed by atoms with Crippen LogP contribution in [0.3, 0.4) is 0 Å². The lowest BCUT2D eigenvalue weighted by Gasteiger charge is -2.11. The molecule has 0 bridgehead atoms. The lowest BCUT2D eigenvalue weighted by atomic mass is 10.0. The summed E-state index contributed by atoms with van der Waals surface area (Å²) in [4.78, 5) is 14.2. The molecule has 2 N–H and O–H groups in total. The Kier molecular flexibility index (Phi) is 6.41.